The van der Waals surface area contributed by atoms with Crippen molar-refractivity contribution in [3.05, 3.63) is 71.9 Å². The number of benzene rings is 2. The highest BCUT2D eigenvalue weighted by atomic mass is 19.1. The number of ketones is 1. The maximum atomic E-state index is 13.7. The molecule has 0 aliphatic heterocycles. The summed E-state index contributed by atoms with van der Waals surface area (Å²) >= 11 is 0. The molecule has 0 spiro atoms. The number of carbonyl (C=O) groups is 1. The molecular formula is C15H9FN2O. The Balaban J connectivity index is 2.20. The van der Waals surface area contributed by atoms with Gasteiger partial charge in [0.2, 0.25) is 5.78 Å². The van der Waals surface area contributed by atoms with Crippen LogP contribution in [0.2, 0.25) is 0 Å². The van der Waals surface area contributed by atoms with Crippen LogP contribution in [-0.4, -0.2) is 15.8 Å². The van der Waals surface area contributed by atoms with Crippen LogP contribution in [-0.2, 0) is 0 Å². The second-order valence-electron chi connectivity index (χ2n) is 4.05. The molecule has 0 N–H and O–H groups in total. The van der Waals surface area contributed by atoms with Crippen molar-refractivity contribution in [1.82, 2.24) is 9.97 Å². The summed E-state index contributed by atoms with van der Waals surface area (Å²) in [6, 6.07) is 13.0. The molecule has 0 saturated carbocycles. The van der Waals surface area contributed by atoms with E-state index < -0.39 is 11.6 Å². The van der Waals surface area contributed by atoms with Gasteiger partial charge >= 0.3 is 0 Å². The lowest BCUT2D eigenvalue weighted by Gasteiger charge is -2.04. The Labute approximate surface area is 108 Å². The first-order chi connectivity index (χ1) is 9.27. The van der Waals surface area contributed by atoms with Gasteiger partial charge in [0, 0.05) is 5.39 Å². The van der Waals surface area contributed by atoms with Gasteiger partial charge in [-0.05, 0) is 18.2 Å². The van der Waals surface area contributed by atoms with Gasteiger partial charge in [0.05, 0.1) is 11.1 Å². The molecule has 0 bridgehead atoms. The first-order valence-electron chi connectivity index (χ1n) is 5.76. The number of hydrogen-bond acceptors (Lipinski definition) is 3. The van der Waals surface area contributed by atoms with Crippen LogP contribution in [0.1, 0.15) is 16.1 Å². The van der Waals surface area contributed by atoms with Gasteiger partial charge in [-0.15, -0.1) is 0 Å². The number of fused-ring (bicyclic) bond motifs is 1. The standard InChI is InChI=1S/C15H9FN2O/c16-12-7-3-1-5-10(12)15(19)14-11-6-2-4-8-13(11)17-9-18-14/h1-9H. The number of hydrogen-bond donors (Lipinski definition) is 0. The molecule has 0 unspecified atom stereocenters. The third kappa shape index (κ3) is 1.97. The van der Waals surface area contributed by atoms with Gasteiger partial charge in [-0.25, -0.2) is 14.4 Å². The van der Waals surface area contributed by atoms with Crippen LogP contribution in [0.25, 0.3) is 10.9 Å². The van der Waals surface area contributed by atoms with Gasteiger partial charge in [-0.3, -0.25) is 4.79 Å². The van der Waals surface area contributed by atoms with Gasteiger partial charge in [0.25, 0.3) is 0 Å². The van der Waals surface area contributed by atoms with Gasteiger partial charge < -0.3 is 0 Å². The average molecular weight is 252 g/mol. The van der Waals surface area contributed by atoms with E-state index in [9.17, 15) is 9.18 Å². The first-order valence-corrected chi connectivity index (χ1v) is 5.76. The van der Waals surface area contributed by atoms with Crippen molar-refractivity contribution in [2.24, 2.45) is 0 Å². The summed E-state index contributed by atoms with van der Waals surface area (Å²) < 4.78 is 13.7. The van der Waals surface area contributed by atoms with Crippen LogP contribution >= 0.6 is 0 Å². The van der Waals surface area contributed by atoms with E-state index in [1.807, 2.05) is 6.07 Å². The number of halogens is 1. The van der Waals surface area contributed by atoms with Crippen LogP contribution in [0.15, 0.2) is 54.9 Å². The highest BCUT2D eigenvalue weighted by Crippen LogP contribution is 2.18. The zero-order chi connectivity index (χ0) is 13.2. The highest BCUT2D eigenvalue weighted by molar-refractivity contribution is 6.14. The van der Waals surface area contributed by atoms with Gasteiger partial charge in [0.1, 0.15) is 17.8 Å². The predicted octanol–water partition coefficient (Wildman–Crippen LogP) is 3.00. The lowest BCUT2D eigenvalue weighted by molar-refractivity contribution is 0.103. The Morgan fingerprint density at radius 2 is 1.68 bits per heavy atom. The Morgan fingerprint density at radius 3 is 2.53 bits per heavy atom. The topological polar surface area (TPSA) is 42.9 Å². The molecule has 0 fully saturated rings. The van der Waals surface area contributed by atoms with Crippen molar-refractivity contribution in [1.29, 1.82) is 0 Å². The quantitative estimate of drug-likeness (QED) is 0.658. The molecule has 1 heterocycles. The third-order valence-corrected chi connectivity index (χ3v) is 2.88. The molecule has 0 saturated heterocycles. The van der Waals surface area contributed by atoms with E-state index in [1.54, 1.807) is 30.3 Å². The lowest BCUT2D eigenvalue weighted by Crippen LogP contribution is -2.07. The van der Waals surface area contributed by atoms with Crippen LogP contribution in [0.4, 0.5) is 4.39 Å². The maximum Gasteiger partial charge on any atom is 0.215 e. The monoisotopic (exact) mass is 252 g/mol. The summed E-state index contributed by atoms with van der Waals surface area (Å²) in [5.41, 5.74) is 0.902. The fourth-order valence-electron chi connectivity index (χ4n) is 1.96. The molecule has 0 aliphatic carbocycles. The van der Waals surface area contributed by atoms with E-state index in [1.165, 1.54) is 18.5 Å². The molecule has 0 atom stereocenters. The van der Waals surface area contributed by atoms with Crippen molar-refractivity contribution in [2.45, 2.75) is 0 Å². The highest BCUT2D eigenvalue weighted by Gasteiger charge is 2.17. The smallest absolute Gasteiger partial charge is 0.215 e. The minimum Gasteiger partial charge on any atom is -0.287 e. The van der Waals surface area contributed by atoms with E-state index in [4.69, 9.17) is 0 Å². The van der Waals surface area contributed by atoms with Gasteiger partial charge in [-0.2, -0.15) is 0 Å². The third-order valence-electron chi connectivity index (χ3n) is 2.88. The molecule has 0 amide bonds. The van der Waals surface area contributed by atoms with E-state index in [0.717, 1.165) is 0 Å². The predicted molar refractivity (Wildman–Crippen MR) is 69.4 cm³/mol. The molecule has 3 aromatic rings. The van der Waals surface area contributed by atoms with Crippen molar-refractivity contribution < 1.29 is 9.18 Å². The number of nitrogens with zero attached hydrogens (tertiary/aromatic N) is 2. The molecular weight excluding hydrogens is 243 g/mol. The Hall–Kier alpha value is -2.62. The van der Waals surface area contributed by atoms with Crippen LogP contribution in [0, 0.1) is 5.82 Å². The minimum atomic E-state index is -0.546. The summed E-state index contributed by atoms with van der Waals surface area (Å²) in [7, 11) is 0. The Bertz CT molecular complexity index is 765. The van der Waals surface area contributed by atoms with Crippen LogP contribution in [0.3, 0.4) is 0 Å². The number of carbonyl (C=O) groups excluding carboxylic acids is 1. The fourth-order valence-corrected chi connectivity index (χ4v) is 1.96. The van der Waals surface area contributed by atoms with E-state index in [0.29, 0.717) is 10.9 Å². The van der Waals surface area contributed by atoms with Crippen LogP contribution in [0.5, 0.6) is 0 Å². The van der Waals surface area contributed by atoms with Gasteiger partial charge in [0.15, 0.2) is 0 Å². The fraction of sp³-hybridized carbons (Fsp3) is 0. The summed E-state index contributed by atoms with van der Waals surface area (Å²) in [5.74, 6) is -0.980. The molecule has 19 heavy (non-hydrogen) atoms. The van der Waals surface area contributed by atoms with Crippen molar-refractivity contribution in [3.8, 4) is 0 Å². The summed E-state index contributed by atoms with van der Waals surface area (Å²) in [5, 5.41) is 0.623. The zero-order valence-corrected chi connectivity index (χ0v) is 9.88. The molecule has 0 radical (unpaired) electrons. The molecule has 3 rings (SSSR count). The normalized spacial score (nSPS) is 10.6. The SMILES string of the molecule is O=C(c1ccccc1F)c1ncnc2ccccc12. The molecule has 3 nitrogen and oxygen atoms in total. The Kier molecular flexibility index (Phi) is 2.76. The maximum absolute atomic E-state index is 13.7. The molecule has 1 aromatic heterocycles. The van der Waals surface area contributed by atoms with E-state index in [2.05, 4.69) is 9.97 Å². The second kappa shape index (κ2) is 4.57. The lowest BCUT2D eigenvalue weighted by atomic mass is 10.0. The zero-order valence-electron chi connectivity index (χ0n) is 9.88. The summed E-state index contributed by atoms with van der Waals surface area (Å²) in [6.07, 6.45) is 1.32. The number of aromatic nitrogens is 2. The van der Waals surface area contributed by atoms with Crippen molar-refractivity contribution in [2.75, 3.05) is 0 Å². The minimum absolute atomic E-state index is 0.0198. The summed E-state index contributed by atoms with van der Waals surface area (Å²) in [6.45, 7) is 0. The average Bonchev–Trinajstić information content (AvgIpc) is 2.46. The van der Waals surface area contributed by atoms with Crippen molar-refractivity contribution in [3.63, 3.8) is 0 Å². The van der Waals surface area contributed by atoms with Crippen LogP contribution < -0.4 is 0 Å². The van der Waals surface area contributed by atoms with E-state index >= 15 is 0 Å². The first kappa shape index (κ1) is 11.5. The second-order valence-corrected chi connectivity index (χ2v) is 4.05. The molecule has 92 valence electrons. The Morgan fingerprint density at radius 1 is 0.947 bits per heavy atom. The number of para-hydroxylation sites is 1. The largest absolute Gasteiger partial charge is 0.287 e. The van der Waals surface area contributed by atoms with E-state index in [-0.39, 0.29) is 11.3 Å². The summed E-state index contributed by atoms with van der Waals surface area (Å²) in [4.78, 5) is 20.4. The molecule has 4 heteroatoms. The van der Waals surface area contributed by atoms with Crippen molar-refractivity contribution >= 4 is 16.7 Å². The number of rotatable bonds is 2. The molecule has 2 aromatic carbocycles. The molecule has 0 aliphatic rings. The van der Waals surface area contributed by atoms with Gasteiger partial charge in [-0.1, -0.05) is 30.3 Å².